The molecule has 1 amide bonds. The van der Waals surface area contributed by atoms with Crippen LogP contribution in [0, 0.1) is 0 Å². The van der Waals surface area contributed by atoms with Gasteiger partial charge in [0.2, 0.25) is 0 Å². The van der Waals surface area contributed by atoms with E-state index in [2.05, 4.69) is 12.2 Å². The number of aryl methyl sites for hydroxylation is 1. The number of nitrogens with two attached hydrogens (primary N) is 1. The van der Waals surface area contributed by atoms with E-state index in [-0.39, 0.29) is 11.9 Å². The Morgan fingerprint density at radius 3 is 2.82 bits per heavy atom. The number of hydrogen-bond acceptors (Lipinski definition) is 2. The summed E-state index contributed by atoms with van der Waals surface area (Å²) in [5.41, 5.74) is 6.20. The number of nitrogens with zero attached hydrogens (tertiary/aromatic N) is 1. The Hall–Kier alpha value is -1.00. The van der Waals surface area contributed by atoms with Crippen molar-refractivity contribution in [2.75, 3.05) is 6.54 Å². The molecule has 0 aliphatic carbocycles. The van der Waals surface area contributed by atoms with Crippen molar-refractivity contribution >= 4 is 17.5 Å². The van der Waals surface area contributed by atoms with Gasteiger partial charge in [0.1, 0.15) is 5.69 Å². The summed E-state index contributed by atoms with van der Waals surface area (Å²) in [5.74, 6) is -0.119. The van der Waals surface area contributed by atoms with Crippen molar-refractivity contribution in [1.82, 2.24) is 9.88 Å². The molecule has 0 spiro atoms. The molecule has 1 aromatic heterocycles. The van der Waals surface area contributed by atoms with Gasteiger partial charge in [-0.3, -0.25) is 4.79 Å². The van der Waals surface area contributed by atoms with Crippen LogP contribution in [0.2, 0.25) is 5.02 Å². The second-order valence-electron chi connectivity index (χ2n) is 4.20. The Labute approximate surface area is 107 Å². The highest BCUT2D eigenvalue weighted by atomic mass is 35.5. The van der Waals surface area contributed by atoms with Gasteiger partial charge in [0.05, 0.1) is 5.02 Å². The van der Waals surface area contributed by atoms with E-state index in [0.29, 0.717) is 17.3 Å². The minimum atomic E-state index is -0.119. The average molecular weight is 258 g/mol. The second-order valence-corrected chi connectivity index (χ2v) is 4.64. The predicted octanol–water partition coefficient (Wildman–Crippen LogP) is 1.93. The molecule has 0 radical (unpaired) electrons. The van der Waals surface area contributed by atoms with Gasteiger partial charge < -0.3 is 15.6 Å². The van der Waals surface area contributed by atoms with Crippen molar-refractivity contribution in [1.29, 1.82) is 0 Å². The number of unbranched alkanes of at least 4 members (excludes halogenated alkanes) is 1. The first-order chi connectivity index (χ1) is 8.08. The van der Waals surface area contributed by atoms with Crippen LogP contribution in [0.5, 0.6) is 0 Å². The van der Waals surface area contributed by atoms with E-state index in [0.717, 1.165) is 19.3 Å². The molecule has 5 heteroatoms. The summed E-state index contributed by atoms with van der Waals surface area (Å²) < 4.78 is 1.71. The van der Waals surface area contributed by atoms with Gasteiger partial charge in [0.15, 0.2) is 0 Å². The third kappa shape index (κ3) is 4.06. The molecule has 17 heavy (non-hydrogen) atoms. The van der Waals surface area contributed by atoms with Crippen molar-refractivity contribution in [3.05, 3.63) is 23.0 Å². The lowest BCUT2D eigenvalue weighted by atomic mass is 10.1. The van der Waals surface area contributed by atoms with Crippen LogP contribution in [0.1, 0.15) is 36.7 Å². The highest BCUT2D eigenvalue weighted by molar-refractivity contribution is 6.31. The Kier molecular flexibility index (Phi) is 5.51. The maximum Gasteiger partial charge on any atom is 0.268 e. The second kappa shape index (κ2) is 6.67. The summed E-state index contributed by atoms with van der Waals surface area (Å²) in [6.45, 7) is 2.58. The SMILES string of the molecule is CCCCC(CN)NC(=O)c1cc(Cl)cn1C. The van der Waals surface area contributed by atoms with Crippen molar-refractivity contribution in [2.24, 2.45) is 12.8 Å². The molecule has 0 bridgehead atoms. The van der Waals surface area contributed by atoms with Gasteiger partial charge in [-0.25, -0.2) is 0 Å². The number of halogens is 1. The lowest BCUT2D eigenvalue weighted by Crippen LogP contribution is -2.40. The fraction of sp³-hybridized carbons (Fsp3) is 0.583. The van der Waals surface area contributed by atoms with E-state index in [9.17, 15) is 4.79 Å². The van der Waals surface area contributed by atoms with Crippen LogP contribution in [0.25, 0.3) is 0 Å². The summed E-state index contributed by atoms with van der Waals surface area (Å²) in [5, 5.41) is 3.49. The number of amides is 1. The molecule has 1 heterocycles. The number of aromatic nitrogens is 1. The zero-order chi connectivity index (χ0) is 12.8. The Bertz CT molecular complexity index is 376. The largest absolute Gasteiger partial charge is 0.347 e. The fourth-order valence-electron chi connectivity index (χ4n) is 1.71. The van der Waals surface area contributed by atoms with Crippen LogP contribution in [-0.2, 0) is 7.05 Å². The number of carbonyl (C=O) groups excluding carboxylic acids is 1. The molecule has 0 saturated heterocycles. The molecule has 1 atom stereocenters. The van der Waals surface area contributed by atoms with Crippen LogP contribution >= 0.6 is 11.6 Å². The maximum atomic E-state index is 12.0. The lowest BCUT2D eigenvalue weighted by Gasteiger charge is -2.16. The Morgan fingerprint density at radius 1 is 1.65 bits per heavy atom. The molecular weight excluding hydrogens is 238 g/mol. The van der Waals surface area contributed by atoms with Crippen LogP contribution in [0.3, 0.4) is 0 Å². The van der Waals surface area contributed by atoms with E-state index < -0.39 is 0 Å². The molecule has 1 unspecified atom stereocenters. The summed E-state index contributed by atoms with van der Waals surface area (Å²) in [6.07, 6.45) is 4.79. The number of carbonyl (C=O) groups is 1. The summed E-state index contributed by atoms with van der Waals surface area (Å²) in [6, 6.07) is 1.70. The van der Waals surface area contributed by atoms with Crippen LogP contribution < -0.4 is 11.1 Å². The maximum absolute atomic E-state index is 12.0. The molecular formula is C12H20ClN3O. The number of rotatable bonds is 6. The normalized spacial score (nSPS) is 12.5. The zero-order valence-electron chi connectivity index (χ0n) is 10.4. The smallest absolute Gasteiger partial charge is 0.268 e. The van der Waals surface area contributed by atoms with Crippen molar-refractivity contribution in [3.63, 3.8) is 0 Å². The minimum Gasteiger partial charge on any atom is -0.347 e. The van der Waals surface area contributed by atoms with Crippen molar-refractivity contribution < 1.29 is 4.79 Å². The first-order valence-corrected chi connectivity index (χ1v) is 6.29. The van der Waals surface area contributed by atoms with Gasteiger partial charge in [0, 0.05) is 25.8 Å². The highest BCUT2D eigenvalue weighted by Crippen LogP contribution is 2.13. The monoisotopic (exact) mass is 257 g/mol. The number of nitrogens with one attached hydrogen (secondary N) is 1. The Morgan fingerprint density at radius 2 is 2.35 bits per heavy atom. The van der Waals surface area contributed by atoms with E-state index >= 15 is 0 Å². The van der Waals surface area contributed by atoms with Crippen LogP contribution in [0.4, 0.5) is 0 Å². The third-order valence-corrected chi connectivity index (χ3v) is 2.94. The zero-order valence-corrected chi connectivity index (χ0v) is 11.1. The van der Waals surface area contributed by atoms with Gasteiger partial charge in [-0.2, -0.15) is 0 Å². The fourth-order valence-corrected chi connectivity index (χ4v) is 1.96. The molecule has 0 aliphatic heterocycles. The number of hydrogen-bond donors (Lipinski definition) is 2. The van der Waals surface area contributed by atoms with Gasteiger partial charge in [-0.1, -0.05) is 31.4 Å². The predicted molar refractivity (Wildman–Crippen MR) is 70.3 cm³/mol. The molecule has 1 rings (SSSR count). The van der Waals surface area contributed by atoms with Crippen LogP contribution in [0.15, 0.2) is 12.3 Å². The van der Waals surface area contributed by atoms with Crippen molar-refractivity contribution in [3.8, 4) is 0 Å². The first kappa shape index (κ1) is 14.1. The van der Waals surface area contributed by atoms with E-state index in [4.69, 9.17) is 17.3 Å². The van der Waals surface area contributed by atoms with Crippen LogP contribution in [-0.4, -0.2) is 23.1 Å². The molecule has 4 nitrogen and oxygen atoms in total. The highest BCUT2D eigenvalue weighted by Gasteiger charge is 2.15. The minimum absolute atomic E-state index is 0.0381. The van der Waals surface area contributed by atoms with Crippen molar-refractivity contribution in [2.45, 2.75) is 32.2 Å². The standard InChI is InChI=1S/C12H20ClN3O/c1-3-4-5-10(7-14)15-12(17)11-6-9(13)8-16(11)2/h6,8,10H,3-5,7,14H2,1-2H3,(H,15,17). The topological polar surface area (TPSA) is 60.0 Å². The lowest BCUT2D eigenvalue weighted by molar-refractivity contribution is 0.0927. The van der Waals surface area contributed by atoms with E-state index in [1.807, 2.05) is 0 Å². The molecule has 1 aromatic rings. The van der Waals surface area contributed by atoms with E-state index in [1.54, 1.807) is 23.9 Å². The first-order valence-electron chi connectivity index (χ1n) is 5.91. The summed E-state index contributed by atoms with van der Waals surface area (Å²) >= 11 is 5.84. The molecule has 3 N–H and O–H groups in total. The molecule has 0 aliphatic rings. The third-order valence-electron chi connectivity index (χ3n) is 2.73. The summed E-state index contributed by atoms with van der Waals surface area (Å²) in [4.78, 5) is 12.0. The molecule has 0 fully saturated rings. The van der Waals surface area contributed by atoms with Gasteiger partial charge >= 0.3 is 0 Å². The van der Waals surface area contributed by atoms with E-state index in [1.165, 1.54) is 0 Å². The average Bonchev–Trinajstić information content (AvgIpc) is 2.63. The van der Waals surface area contributed by atoms with Gasteiger partial charge in [-0.05, 0) is 12.5 Å². The summed E-state index contributed by atoms with van der Waals surface area (Å²) in [7, 11) is 1.80. The molecule has 0 saturated carbocycles. The van der Waals surface area contributed by atoms with Gasteiger partial charge in [-0.15, -0.1) is 0 Å². The Balaban J connectivity index is 2.61. The molecule has 0 aromatic carbocycles. The molecule has 96 valence electrons. The van der Waals surface area contributed by atoms with Gasteiger partial charge in [0.25, 0.3) is 5.91 Å². The quantitative estimate of drug-likeness (QED) is 0.818.